The summed E-state index contributed by atoms with van der Waals surface area (Å²) in [5.74, 6) is 0.826. The zero-order valence-corrected chi connectivity index (χ0v) is 11.7. The molecule has 1 atom stereocenters. The molecule has 0 saturated heterocycles. The van der Waals surface area contributed by atoms with Gasteiger partial charge in [0.1, 0.15) is 5.75 Å². The number of halogens is 1. The minimum Gasteiger partial charge on any atom is -0.497 e. The van der Waals surface area contributed by atoms with Gasteiger partial charge in [0, 0.05) is 4.47 Å². The summed E-state index contributed by atoms with van der Waals surface area (Å²) >= 11 is 4.68. The molecular weight excluding hydrogens is 302 g/mol. The molecule has 0 aliphatic carbocycles. The van der Waals surface area contributed by atoms with Crippen molar-refractivity contribution in [3.05, 3.63) is 40.1 Å². The van der Waals surface area contributed by atoms with Gasteiger partial charge in [-0.1, -0.05) is 15.9 Å². The van der Waals surface area contributed by atoms with Crippen molar-refractivity contribution in [2.45, 2.75) is 12.5 Å². The van der Waals surface area contributed by atoms with Crippen molar-refractivity contribution in [1.29, 1.82) is 0 Å². The number of hydrogen-bond acceptors (Lipinski definition) is 5. The van der Waals surface area contributed by atoms with Crippen LogP contribution in [0.5, 0.6) is 5.75 Å². The first-order chi connectivity index (χ1) is 8.20. The summed E-state index contributed by atoms with van der Waals surface area (Å²) in [4.78, 5) is 0. The monoisotopic (exact) mass is 313 g/mol. The molecule has 0 fully saturated rings. The summed E-state index contributed by atoms with van der Waals surface area (Å²) in [5, 5.41) is 0. The average molecular weight is 314 g/mol. The lowest BCUT2D eigenvalue weighted by atomic mass is 10.0. The number of methoxy groups -OCH3 is 1. The van der Waals surface area contributed by atoms with Gasteiger partial charge >= 0.3 is 0 Å². The summed E-state index contributed by atoms with van der Waals surface area (Å²) in [6, 6.07) is 5.70. The molecule has 1 heterocycles. The van der Waals surface area contributed by atoms with Gasteiger partial charge in [0.15, 0.2) is 0 Å². The van der Waals surface area contributed by atoms with Gasteiger partial charge in [-0.3, -0.25) is 0 Å². The van der Waals surface area contributed by atoms with Gasteiger partial charge in [0.2, 0.25) is 0 Å². The maximum absolute atomic E-state index is 6.07. The zero-order valence-electron chi connectivity index (χ0n) is 9.26. The van der Waals surface area contributed by atoms with Crippen LogP contribution in [0.3, 0.4) is 0 Å². The van der Waals surface area contributed by atoms with Crippen molar-refractivity contribution in [2.75, 3.05) is 7.11 Å². The maximum atomic E-state index is 6.07. The second-order valence-corrected chi connectivity index (χ2v) is 5.01. The number of hydrogen-bond donors (Lipinski definition) is 1. The fraction of sp³-hybridized carbons (Fsp3) is 0.273. The zero-order chi connectivity index (χ0) is 12.3. The van der Waals surface area contributed by atoms with E-state index < -0.39 is 0 Å². The van der Waals surface area contributed by atoms with Gasteiger partial charge in [-0.05, 0) is 30.2 Å². The molecule has 1 aromatic carbocycles. The van der Waals surface area contributed by atoms with Crippen molar-refractivity contribution in [1.82, 2.24) is 8.75 Å². The van der Waals surface area contributed by atoms with E-state index in [2.05, 4.69) is 24.7 Å². The molecule has 1 unspecified atom stereocenters. The predicted octanol–water partition coefficient (Wildman–Crippen LogP) is 2.55. The number of nitrogens with zero attached hydrogens (tertiary/aromatic N) is 2. The van der Waals surface area contributed by atoms with Crippen LogP contribution in [0.4, 0.5) is 0 Å². The molecule has 0 spiro atoms. The lowest BCUT2D eigenvalue weighted by Crippen LogP contribution is -2.14. The SMILES string of the molecule is COc1ccc(Br)c(CC(N)c2cnsn2)c1. The standard InChI is InChI=1S/C11H12BrN3OS/c1-16-8-2-3-9(12)7(4-8)5-10(13)11-6-14-17-15-11/h2-4,6,10H,5,13H2,1H3. The second kappa shape index (κ2) is 5.57. The third kappa shape index (κ3) is 3.02. The number of benzene rings is 1. The summed E-state index contributed by atoms with van der Waals surface area (Å²) in [6.45, 7) is 0. The molecule has 0 aliphatic heterocycles. The predicted molar refractivity (Wildman–Crippen MR) is 71.2 cm³/mol. The van der Waals surface area contributed by atoms with E-state index in [0.717, 1.165) is 21.5 Å². The Morgan fingerprint density at radius 2 is 2.35 bits per heavy atom. The van der Waals surface area contributed by atoms with Gasteiger partial charge in [-0.2, -0.15) is 8.75 Å². The quantitative estimate of drug-likeness (QED) is 0.942. The fourth-order valence-electron chi connectivity index (χ4n) is 1.51. The third-order valence-electron chi connectivity index (χ3n) is 2.45. The Balaban J connectivity index is 2.18. The van der Waals surface area contributed by atoms with E-state index in [9.17, 15) is 0 Å². The number of rotatable bonds is 4. The molecule has 6 heteroatoms. The Morgan fingerprint density at radius 3 is 3.00 bits per heavy atom. The molecule has 0 aliphatic rings. The van der Waals surface area contributed by atoms with Crippen molar-refractivity contribution >= 4 is 27.7 Å². The number of ether oxygens (including phenoxy) is 1. The highest BCUT2D eigenvalue weighted by Gasteiger charge is 2.12. The molecular formula is C11H12BrN3OS. The highest BCUT2D eigenvalue weighted by molar-refractivity contribution is 9.10. The van der Waals surface area contributed by atoms with Crippen LogP contribution in [0.2, 0.25) is 0 Å². The van der Waals surface area contributed by atoms with Crippen LogP contribution in [-0.4, -0.2) is 15.9 Å². The van der Waals surface area contributed by atoms with Crippen molar-refractivity contribution in [3.8, 4) is 5.75 Å². The third-order valence-corrected chi connectivity index (χ3v) is 3.72. The minimum atomic E-state index is -0.142. The first kappa shape index (κ1) is 12.5. The molecule has 2 aromatic rings. The Labute approximate surface area is 112 Å². The van der Waals surface area contributed by atoms with E-state index >= 15 is 0 Å². The van der Waals surface area contributed by atoms with Crippen LogP contribution in [-0.2, 0) is 6.42 Å². The van der Waals surface area contributed by atoms with Crippen LogP contribution in [0.1, 0.15) is 17.3 Å². The number of nitrogens with two attached hydrogens (primary N) is 1. The minimum absolute atomic E-state index is 0.142. The normalized spacial score (nSPS) is 12.4. The maximum Gasteiger partial charge on any atom is 0.119 e. The van der Waals surface area contributed by atoms with Gasteiger partial charge in [0.05, 0.1) is 36.8 Å². The molecule has 0 radical (unpaired) electrons. The molecule has 17 heavy (non-hydrogen) atoms. The largest absolute Gasteiger partial charge is 0.497 e. The number of aromatic nitrogens is 2. The van der Waals surface area contributed by atoms with Crippen LogP contribution < -0.4 is 10.5 Å². The molecule has 0 bridgehead atoms. The lowest BCUT2D eigenvalue weighted by molar-refractivity contribution is 0.414. The summed E-state index contributed by atoms with van der Waals surface area (Å²) in [7, 11) is 1.65. The first-order valence-electron chi connectivity index (χ1n) is 5.06. The molecule has 1 aromatic heterocycles. The molecule has 0 amide bonds. The van der Waals surface area contributed by atoms with E-state index in [0.29, 0.717) is 6.42 Å². The Kier molecular flexibility index (Phi) is 4.09. The van der Waals surface area contributed by atoms with Crippen molar-refractivity contribution in [3.63, 3.8) is 0 Å². The van der Waals surface area contributed by atoms with Crippen LogP contribution in [0, 0.1) is 0 Å². The molecule has 2 rings (SSSR count). The first-order valence-corrected chi connectivity index (χ1v) is 6.58. The van der Waals surface area contributed by atoms with Gasteiger partial charge in [0.25, 0.3) is 0 Å². The van der Waals surface area contributed by atoms with Crippen LogP contribution >= 0.6 is 27.7 Å². The fourth-order valence-corrected chi connectivity index (χ4v) is 2.40. The smallest absolute Gasteiger partial charge is 0.119 e. The van der Waals surface area contributed by atoms with Crippen molar-refractivity contribution in [2.24, 2.45) is 5.73 Å². The van der Waals surface area contributed by atoms with Crippen molar-refractivity contribution < 1.29 is 4.74 Å². The second-order valence-electron chi connectivity index (χ2n) is 3.60. The van der Waals surface area contributed by atoms with E-state index in [1.807, 2.05) is 18.2 Å². The van der Waals surface area contributed by atoms with E-state index in [1.165, 1.54) is 11.7 Å². The Hall–Kier alpha value is -0.980. The Bertz CT molecular complexity index is 489. The molecule has 0 saturated carbocycles. The van der Waals surface area contributed by atoms with E-state index in [4.69, 9.17) is 10.5 Å². The molecule has 90 valence electrons. The summed E-state index contributed by atoms with van der Waals surface area (Å²) in [6.07, 6.45) is 2.41. The van der Waals surface area contributed by atoms with Gasteiger partial charge < -0.3 is 10.5 Å². The van der Waals surface area contributed by atoms with Gasteiger partial charge in [-0.15, -0.1) is 0 Å². The molecule has 2 N–H and O–H groups in total. The average Bonchev–Trinajstić information content (AvgIpc) is 2.85. The van der Waals surface area contributed by atoms with Gasteiger partial charge in [-0.25, -0.2) is 0 Å². The lowest BCUT2D eigenvalue weighted by Gasteiger charge is -2.11. The van der Waals surface area contributed by atoms with Crippen LogP contribution in [0.15, 0.2) is 28.9 Å². The van der Waals surface area contributed by atoms with E-state index in [1.54, 1.807) is 13.3 Å². The van der Waals surface area contributed by atoms with Crippen LogP contribution in [0.25, 0.3) is 0 Å². The topological polar surface area (TPSA) is 61.0 Å². The summed E-state index contributed by atoms with van der Waals surface area (Å²) < 4.78 is 14.3. The highest BCUT2D eigenvalue weighted by Crippen LogP contribution is 2.26. The van der Waals surface area contributed by atoms with E-state index in [-0.39, 0.29) is 6.04 Å². The summed E-state index contributed by atoms with van der Waals surface area (Å²) in [5.41, 5.74) is 8.00. The highest BCUT2D eigenvalue weighted by atomic mass is 79.9. The Morgan fingerprint density at radius 1 is 1.53 bits per heavy atom. The molecule has 4 nitrogen and oxygen atoms in total.